The second-order valence-corrected chi connectivity index (χ2v) is 8.09. The number of alkyl halides is 3. The summed E-state index contributed by atoms with van der Waals surface area (Å²) in [6.45, 7) is -0.0620. The smallest absolute Gasteiger partial charge is 0.383 e. The number of pyridine rings is 2. The van der Waals surface area contributed by atoms with Crippen molar-refractivity contribution in [3.8, 4) is 0 Å². The highest BCUT2D eigenvalue weighted by Gasteiger charge is 2.35. The van der Waals surface area contributed by atoms with Crippen LogP contribution in [0.15, 0.2) is 30.6 Å². The van der Waals surface area contributed by atoms with Crippen LogP contribution in [0.3, 0.4) is 0 Å². The molecule has 34 heavy (non-hydrogen) atoms. The molecule has 0 radical (unpaired) electrons. The van der Waals surface area contributed by atoms with E-state index in [0.717, 1.165) is 18.3 Å². The van der Waals surface area contributed by atoms with E-state index in [2.05, 4.69) is 15.1 Å². The van der Waals surface area contributed by atoms with Gasteiger partial charge in [-0.25, -0.2) is 9.37 Å². The average molecular weight is 474 g/mol. The van der Waals surface area contributed by atoms with E-state index in [-0.39, 0.29) is 41.4 Å². The van der Waals surface area contributed by atoms with Crippen LogP contribution in [-0.4, -0.2) is 44.2 Å². The molecular formula is C22H18F4N6O2. The van der Waals surface area contributed by atoms with Gasteiger partial charge in [0.15, 0.2) is 0 Å². The number of aromatic nitrogens is 4. The van der Waals surface area contributed by atoms with E-state index in [9.17, 15) is 18.0 Å². The first-order valence-corrected chi connectivity index (χ1v) is 10.2. The molecule has 1 aliphatic rings. The third-order valence-corrected chi connectivity index (χ3v) is 5.99. The molecule has 1 atom stereocenters. The SMILES string of the molecule is CN(C(=O)c1cc2c(cc1F)nc(N)c1cnn(C)c12)[C@@H]1COCc2cc(C(F)(F)F)cnc21. The first-order valence-electron chi connectivity index (χ1n) is 10.2. The van der Waals surface area contributed by atoms with Gasteiger partial charge in [0.25, 0.3) is 5.91 Å². The summed E-state index contributed by atoms with van der Waals surface area (Å²) in [5.74, 6) is -1.31. The molecular weight excluding hydrogens is 456 g/mol. The molecule has 0 aliphatic carbocycles. The van der Waals surface area contributed by atoms with Gasteiger partial charge in [-0.05, 0) is 12.1 Å². The van der Waals surface area contributed by atoms with Crippen molar-refractivity contribution >= 4 is 33.5 Å². The van der Waals surface area contributed by atoms with E-state index in [1.165, 1.54) is 24.2 Å². The summed E-state index contributed by atoms with van der Waals surface area (Å²) in [6.07, 6.45) is -2.30. The predicted octanol–water partition coefficient (Wildman–Crippen LogP) is 3.60. The normalized spacial score (nSPS) is 16.1. The third-order valence-electron chi connectivity index (χ3n) is 5.99. The van der Waals surface area contributed by atoms with Crippen LogP contribution in [0.1, 0.15) is 33.2 Å². The van der Waals surface area contributed by atoms with Gasteiger partial charge in [-0.15, -0.1) is 0 Å². The Morgan fingerprint density at radius 3 is 2.74 bits per heavy atom. The van der Waals surface area contributed by atoms with E-state index >= 15 is 4.39 Å². The number of nitrogen functional groups attached to an aromatic ring is 1. The number of amides is 1. The van der Waals surface area contributed by atoms with E-state index in [4.69, 9.17) is 10.5 Å². The van der Waals surface area contributed by atoms with Crippen molar-refractivity contribution in [2.45, 2.75) is 18.8 Å². The maximum absolute atomic E-state index is 15.0. The van der Waals surface area contributed by atoms with Gasteiger partial charge in [-0.2, -0.15) is 18.3 Å². The molecule has 5 rings (SSSR count). The monoisotopic (exact) mass is 474 g/mol. The number of carbonyl (C=O) groups excluding carboxylic acids is 1. The molecule has 1 aromatic carbocycles. The Labute approximate surface area is 189 Å². The van der Waals surface area contributed by atoms with Crippen LogP contribution in [0.4, 0.5) is 23.4 Å². The molecule has 4 aromatic rings. The van der Waals surface area contributed by atoms with E-state index in [1.807, 2.05) is 0 Å². The van der Waals surface area contributed by atoms with E-state index < -0.39 is 29.5 Å². The molecule has 12 heteroatoms. The lowest BCUT2D eigenvalue weighted by molar-refractivity contribution is -0.138. The predicted molar refractivity (Wildman–Crippen MR) is 114 cm³/mol. The van der Waals surface area contributed by atoms with Gasteiger partial charge in [0.2, 0.25) is 0 Å². The standard InChI is InChI=1S/C22H18F4N6O2/c1-31(17-9-34-8-10-3-11(22(24,25)26)6-28-18(10)17)21(33)12-4-13-16(5-15(12)23)30-20(27)14-7-29-32(2)19(13)14/h3-7,17H,8-9H2,1-2H3,(H2,27,30)/t17-/m1/s1. The van der Waals surface area contributed by atoms with Gasteiger partial charge in [0, 0.05) is 37.3 Å². The van der Waals surface area contributed by atoms with Crippen molar-refractivity contribution < 1.29 is 27.1 Å². The summed E-state index contributed by atoms with van der Waals surface area (Å²) >= 11 is 0. The zero-order valence-corrected chi connectivity index (χ0v) is 18.0. The molecule has 4 heterocycles. The molecule has 0 saturated heterocycles. The van der Waals surface area contributed by atoms with Crippen LogP contribution in [-0.2, 0) is 24.6 Å². The van der Waals surface area contributed by atoms with Crippen molar-refractivity contribution in [1.82, 2.24) is 24.6 Å². The van der Waals surface area contributed by atoms with Gasteiger partial charge in [0.05, 0.1) is 58.7 Å². The maximum Gasteiger partial charge on any atom is 0.417 e. The molecule has 0 unspecified atom stereocenters. The first-order chi connectivity index (χ1) is 16.1. The molecule has 0 fully saturated rings. The van der Waals surface area contributed by atoms with Crippen molar-refractivity contribution in [1.29, 1.82) is 0 Å². The molecule has 0 saturated carbocycles. The molecule has 1 amide bonds. The number of hydrogen-bond acceptors (Lipinski definition) is 6. The summed E-state index contributed by atoms with van der Waals surface area (Å²) in [5.41, 5.74) is 6.17. The number of anilines is 1. The number of benzene rings is 1. The van der Waals surface area contributed by atoms with E-state index in [0.29, 0.717) is 16.3 Å². The Bertz CT molecular complexity index is 1470. The Kier molecular flexibility index (Phi) is 4.93. The summed E-state index contributed by atoms with van der Waals surface area (Å²) in [5, 5.41) is 5.21. The van der Waals surface area contributed by atoms with Gasteiger partial charge >= 0.3 is 6.18 Å². The number of aryl methyl sites for hydroxylation is 1. The topological polar surface area (TPSA) is 99.2 Å². The van der Waals surface area contributed by atoms with Crippen LogP contribution >= 0.6 is 0 Å². The Balaban J connectivity index is 1.56. The van der Waals surface area contributed by atoms with Gasteiger partial charge in [-0.1, -0.05) is 0 Å². The summed E-state index contributed by atoms with van der Waals surface area (Å²) in [7, 11) is 3.12. The van der Waals surface area contributed by atoms with Crippen LogP contribution < -0.4 is 5.73 Å². The lowest BCUT2D eigenvalue weighted by Gasteiger charge is -2.32. The highest BCUT2D eigenvalue weighted by Crippen LogP contribution is 2.35. The first kappa shape index (κ1) is 22.0. The number of ether oxygens (including phenoxy) is 1. The second-order valence-electron chi connectivity index (χ2n) is 8.09. The largest absolute Gasteiger partial charge is 0.417 e. The number of rotatable bonds is 2. The molecule has 2 N–H and O–H groups in total. The molecule has 0 bridgehead atoms. The molecule has 1 aliphatic heterocycles. The lowest BCUT2D eigenvalue weighted by atomic mass is 10.0. The molecule has 8 nitrogen and oxygen atoms in total. The maximum atomic E-state index is 15.0. The highest BCUT2D eigenvalue weighted by molar-refractivity contribution is 6.10. The fraction of sp³-hybridized carbons (Fsp3) is 0.273. The third kappa shape index (κ3) is 3.41. The van der Waals surface area contributed by atoms with Gasteiger partial charge < -0.3 is 15.4 Å². The molecule has 3 aromatic heterocycles. The van der Waals surface area contributed by atoms with Gasteiger partial charge in [-0.3, -0.25) is 14.5 Å². The number of nitrogens with zero attached hydrogens (tertiary/aromatic N) is 5. The van der Waals surface area contributed by atoms with Gasteiger partial charge in [0.1, 0.15) is 11.6 Å². The lowest BCUT2D eigenvalue weighted by Crippen LogP contribution is -2.37. The minimum Gasteiger partial charge on any atom is -0.383 e. The number of likely N-dealkylation sites (N-methyl/N-ethyl adjacent to an activating group) is 1. The number of halogens is 4. The Morgan fingerprint density at radius 2 is 2.00 bits per heavy atom. The van der Waals surface area contributed by atoms with Crippen molar-refractivity contribution in [2.24, 2.45) is 7.05 Å². The van der Waals surface area contributed by atoms with Crippen LogP contribution in [0.5, 0.6) is 0 Å². The van der Waals surface area contributed by atoms with Crippen LogP contribution in [0.25, 0.3) is 21.8 Å². The minimum absolute atomic E-state index is 0.00682. The Hall–Kier alpha value is -3.80. The highest BCUT2D eigenvalue weighted by atomic mass is 19.4. The van der Waals surface area contributed by atoms with Crippen molar-refractivity contribution in [2.75, 3.05) is 19.4 Å². The van der Waals surface area contributed by atoms with Crippen molar-refractivity contribution in [3.05, 3.63) is 58.8 Å². The fourth-order valence-corrected chi connectivity index (χ4v) is 4.22. The summed E-state index contributed by atoms with van der Waals surface area (Å²) in [6, 6.07) is 2.66. The summed E-state index contributed by atoms with van der Waals surface area (Å²) in [4.78, 5) is 22.7. The number of carbonyl (C=O) groups is 1. The zero-order chi connectivity index (χ0) is 24.4. The molecule has 176 valence electrons. The van der Waals surface area contributed by atoms with Crippen LogP contribution in [0, 0.1) is 5.82 Å². The second kappa shape index (κ2) is 7.62. The average Bonchev–Trinajstić information content (AvgIpc) is 3.19. The number of hydrogen-bond donors (Lipinski definition) is 1. The fourth-order valence-electron chi connectivity index (χ4n) is 4.22. The Morgan fingerprint density at radius 1 is 1.24 bits per heavy atom. The number of nitrogens with two attached hydrogens (primary N) is 1. The molecule has 0 spiro atoms. The minimum atomic E-state index is -4.56. The number of fused-ring (bicyclic) bond motifs is 4. The zero-order valence-electron chi connectivity index (χ0n) is 18.0. The quantitative estimate of drug-likeness (QED) is 0.446. The summed E-state index contributed by atoms with van der Waals surface area (Å²) < 4.78 is 61.2. The van der Waals surface area contributed by atoms with Crippen molar-refractivity contribution in [3.63, 3.8) is 0 Å². The van der Waals surface area contributed by atoms with Crippen LogP contribution in [0.2, 0.25) is 0 Å². The van der Waals surface area contributed by atoms with E-state index in [1.54, 1.807) is 11.7 Å².